The molecular formula is C14H20N2O3S. The molecule has 0 spiro atoms. The van der Waals surface area contributed by atoms with Crippen molar-refractivity contribution in [1.82, 2.24) is 9.62 Å². The van der Waals surface area contributed by atoms with Gasteiger partial charge in [0.2, 0.25) is 15.9 Å². The molecule has 5 nitrogen and oxygen atoms in total. The van der Waals surface area contributed by atoms with Gasteiger partial charge in [-0.1, -0.05) is 31.7 Å². The lowest BCUT2D eigenvalue weighted by molar-refractivity contribution is -0.120. The molecule has 0 fully saturated rings. The first kappa shape index (κ1) is 16.4. The maximum atomic E-state index is 12.5. The second kappa shape index (κ2) is 7.21. The molecule has 1 aromatic carbocycles. The summed E-state index contributed by atoms with van der Waals surface area (Å²) < 4.78 is 26.2. The molecule has 20 heavy (non-hydrogen) atoms. The quantitative estimate of drug-likeness (QED) is 0.828. The van der Waals surface area contributed by atoms with Gasteiger partial charge in [-0.3, -0.25) is 4.79 Å². The van der Waals surface area contributed by atoms with Crippen LogP contribution in [0.2, 0.25) is 0 Å². The van der Waals surface area contributed by atoms with Crippen LogP contribution in [-0.2, 0) is 14.8 Å². The van der Waals surface area contributed by atoms with Crippen molar-refractivity contribution in [1.29, 1.82) is 0 Å². The van der Waals surface area contributed by atoms with Crippen LogP contribution >= 0.6 is 0 Å². The molecule has 0 bridgehead atoms. The lowest BCUT2D eigenvalue weighted by Crippen LogP contribution is -2.40. The number of likely N-dealkylation sites (N-methyl/N-ethyl adjacent to an activating group) is 1. The van der Waals surface area contributed by atoms with Crippen LogP contribution in [0.4, 0.5) is 0 Å². The summed E-state index contributed by atoms with van der Waals surface area (Å²) in [4.78, 5) is 11.6. The fourth-order valence-electron chi connectivity index (χ4n) is 1.70. The van der Waals surface area contributed by atoms with Gasteiger partial charge in [0, 0.05) is 13.6 Å². The van der Waals surface area contributed by atoms with E-state index in [1.807, 2.05) is 6.92 Å². The average Bonchev–Trinajstić information content (AvgIpc) is 2.46. The SMILES string of the molecule is C=Cc1ccc(S(=O)(=O)N(CCC)CC(=O)NC)cc1. The minimum atomic E-state index is -3.66. The fourth-order valence-corrected chi connectivity index (χ4v) is 3.19. The third-order valence-corrected chi connectivity index (χ3v) is 4.68. The largest absolute Gasteiger partial charge is 0.358 e. The zero-order chi connectivity index (χ0) is 15.2. The smallest absolute Gasteiger partial charge is 0.243 e. The molecule has 0 aliphatic carbocycles. The van der Waals surface area contributed by atoms with Crippen molar-refractivity contribution in [2.24, 2.45) is 0 Å². The van der Waals surface area contributed by atoms with Gasteiger partial charge < -0.3 is 5.32 Å². The number of nitrogens with one attached hydrogen (secondary N) is 1. The molecule has 0 saturated heterocycles. The zero-order valence-electron chi connectivity index (χ0n) is 11.8. The van der Waals surface area contributed by atoms with E-state index in [4.69, 9.17) is 0 Å². The van der Waals surface area contributed by atoms with Crippen LogP contribution in [0.15, 0.2) is 35.7 Å². The highest BCUT2D eigenvalue weighted by atomic mass is 32.2. The highest BCUT2D eigenvalue weighted by molar-refractivity contribution is 7.89. The first-order valence-corrected chi connectivity index (χ1v) is 7.83. The molecule has 0 heterocycles. The Morgan fingerprint density at radius 1 is 1.35 bits per heavy atom. The van der Waals surface area contributed by atoms with E-state index in [9.17, 15) is 13.2 Å². The summed E-state index contributed by atoms with van der Waals surface area (Å²) in [5, 5.41) is 2.44. The molecule has 0 aliphatic rings. The average molecular weight is 296 g/mol. The Bertz CT molecular complexity index is 565. The van der Waals surface area contributed by atoms with Gasteiger partial charge in [-0.25, -0.2) is 8.42 Å². The molecule has 0 atom stereocenters. The van der Waals surface area contributed by atoms with Crippen molar-refractivity contribution in [3.8, 4) is 0 Å². The number of amides is 1. The number of hydrogen-bond donors (Lipinski definition) is 1. The van der Waals surface area contributed by atoms with E-state index >= 15 is 0 Å². The lowest BCUT2D eigenvalue weighted by atomic mass is 10.2. The molecule has 0 aromatic heterocycles. The van der Waals surface area contributed by atoms with Crippen LogP contribution < -0.4 is 5.32 Å². The van der Waals surface area contributed by atoms with Crippen molar-refractivity contribution in [2.75, 3.05) is 20.1 Å². The van der Waals surface area contributed by atoms with Crippen LogP contribution in [-0.4, -0.2) is 38.8 Å². The summed E-state index contributed by atoms with van der Waals surface area (Å²) in [6.45, 7) is 5.63. The van der Waals surface area contributed by atoms with Crippen molar-refractivity contribution >= 4 is 22.0 Å². The Morgan fingerprint density at radius 3 is 2.40 bits per heavy atom. The van der Waals surface area contributed by atoms with Gasteiger partial charge in [-0.2, -0.15) is 4.31 Å². The van der Waals surface area contributed by atoms with Gasteiger partial charge in [-0.05, 0) is 24.1 Å². The van der Waals surface area contributed by atoms with E-state index in [1.165, 1.54) is 23.5 Å². The Labute approximate surface area is 120 Å². The number of sulfonamides is 1. The second-order valence-electron chi connectivity index (χ2n) is 4.28. The molecule has 0 unspecified atom stereocenters. The van der Waals surface area contributed by atoms with Crippen LogP contribution in [0.25, 0.3) is 6.08 Å². The topological polar surface area (TPSA) is 66.5 Å². The monoisotopic (exact) mass is 296 g/mol. The predicted octanol–water partition coefficient (Wildman–Crippen LogP) is 1.48. The number of carbonyl (C=O) groups excluding carboxylic acids is 1. The molecule has 110 valence electrons. The highest BCUT2D eigenvalue weighted by Gasteiger charge is 2.25. The third kappa shape index (κ3) is 3.91. The van der Waals surface area contributed by atoms with Gasteiger partial charge in [0.1, 0.15) is 0 Å². The van der Waals surface area contributed by atoms with Crippen LogP contribution in [0, 0.1) is 0 Å². The van der Waals surface area contributed by atoms with E-state index in [2.05, 4.69) is 11.9 Å². The van der Waals surface area contributed by atoms with Crippen molar-refractivity contribution in [3.63, 3.8) is 0 Å². The summed E-state index contributed by atoms with van der Waals surface area (Å²) in [6.07, 6.45) is 2.28. The van der Waals surface area contributed by atoms with Crippen LogP contribution in [0.3, 0.4) is 0 Å². The van der Waals surface area contributed by atoms with Crippen molar-refractivity contribution < 1.29 is 13.2 Å². The van der Waals surface area contributed by atoms with Crippen molar-refractivity contribution in [3.05, 3.63) is 36.4 Å². The Kier molecular flexibility index (Phi) is 5.91. The normalized spacial score (nSPS) is 11.3. The molecule has 0 saturated carbocycles. The number of benzene rings is 1. The first-order valence-electron chi connectivity index (χ1n) is 6.39. The van der Waals surface area contributed by atoms with Gasteiger partial charge in [0.05, 0.1) is 11.4 Å². The molecule has 1 N–H and O–H groups in total. The Balaban J connectivity index is 3.07. The van der Waals surface area contributed by atoms with E-state index in [1.54, 1.807) is 18.2 Å². The highest BCUT2D eigenvalue weighted by Crippen LogP contribution is 2.17. The Hall–Kier alpha value is -1.66. The number of rotatable bonds is 7. The second-order valence-corrected chi connectivity index (χ2v) is 6.22. The third-order valence-electron chi connectivity index (χ3n) is 2.83. The fraction of sp³-hybridized carbons (Fsp3) is 0.357. The molecule has 0 radical (unpaired) electrons. The van der Waals surface area contributed by atoms with E-state index in [0.29, 0.717) is 13.0 Å². The number of carbonyl (C=O) groups is 1. The van der Waals surface area contributed by atoms with Gasteiger partial charge in [-0.15, -0.1) is 0 Å². The Morgan fingerprint density at radius 2 is 1.95 bits per heavy atom. The minimum absolute atomic E-state index is 0.171. The van der Waals surface area contributed by atoms with Gasteiger partial charge in [0.25, 0.3) is 0 Å². The van der Waals surface area contributed by atoms with E-state index in [0.717, 1.165) is 5.56 Å². The first-order chi connectivity index (χ1) is 9.45. The molecule has 1 aromatic rings. The maximum absolute atomic E-state index is 12.5. The van der Waals surface area contributed by atoms with Crippen LogP contribution in [0.1, 0.15) is 18.9 Å². The zero-order valence-corrected chi connectivity index (χ0v) is 12.6. The summed E-state index contributed by atoms with van der Waals surface area (Å²) in [5.74, 6) is -0.329. The van der Waals surface area contributed by atoms with E-state index in [-0.39, 0.29) is 17.3 Å². The molecule has 6 heteroatoms. The summed E-state index contributed by atoms with van der Waals surface area (Å²) in [6, 6.07) is 6.42. The molecular weight excluding hydrogens is 276 g/mol. The predicted molar refractivity (Wildman–Crippen MR) is 79.6 cm³/mol. The van der Waals surface area contributed by atoms with Crippen LogP contribution in [0.5, 0.6) is 0 Å². The van der Waals surface area contributed by atoms with E-state index < -0.39 is 10.0 Å². The van der Waals surface area contributed by atoms with Gasteiger partial charge in [0.15, 0.2) is 0 Å². The maximum Gasteiger partial charge on any atom is 0.243 e. The number of hydrogen-bond acceptors (Lipinski definition) is 3. The molecule has 0 aliphatic heterocycles. The number of nitrogens with zero attached hydrogens (tertiary/aromatic N) is 1. The summed E-state index contributed by atoms with van der Waals surface area (Å²) in [5.41, 5.74) is 0.845. The minimum Gasteiger partial charge on any atom is -0.358 e. The molecule has 1 rings (SSSR count). The lowest BCUT2D eigenvalue weighted by Gasteiger charge is -2.20. The summed E-state index contributed by atoms with van der Waals surface area (Å²) >= 11 is 0. The summed E-state index contributed by atoms with van der Waals surface area (Å²) in [7, 11) is -2.17. The van der Waals surface area contributed by atoms with Crippen molar-refractivity contribution in [2.45, 2.75) is 18.2 Å². The van der Waals surface area contributed by atoms with Gasteiger partial charge >= 0.3 is 0 Å². The molecule has 1 amide bonds. The standard InChI is InChI=1S/C14H20N2O3S/c1-4-10-16(11-14(17)15-3)20(18,19)13-8-6-12(5-2)7-9-13/h5-9H,2,4,10-11H2,1,3H3,(H,15,17).